The molecule has 2 aromatic rings. The van der Waals surface area contributed by atoms with Crippen LogP contribution in [-0.2, 0) is 9.53 Å². The quantitative estimate of drug-likeness (QED) is 0.874. The Hall–Kier alpha value is -1.95. The molecule has 2 heterocycles. The van der Waals surface area contributed by atoms with E-state index >= 15 is 0 Å². The standard InChI is InChI=1S/C12H16N4O2/c1-8(13-12(17)9(2)18-3)11-15-14-10-6-4-5-7-16(10)11/h4-9H,1-3H3,(H,13,17). The Bertz CT molecular complexity index is 552. The average Bonchev–Trinajstić information content (AvgIpc) is 2.81. The lowest BCUT2D eigenvalue weighted by atomic mass is 10.2. The maximum absolute atomic E-state index is 11.7. The minimum Gasteiger partial charge on any atom is -0.372 e. The zero-order valence-electron chi connectivity index (χ0n) is 10.6. The van der Waals surface area contributed by atoms with Crippen molar-refractivity contribution in [3.8, 4) is 0 Å². The van der Waals surface area contributed by atoms with E-state index in [4.69, 9.17) is 4.74 Å². The van der Waals surface area contributed by atoms with Gasteiger partial charge in [-0.25, -0.2) is 0 Å². The maximum atomic E-state index is 11.7. The maximum Gasteiger partial charge on any atom is 0.249 e. The van der Waals surface area contributed by atoms with Gasteiger partial charge in [-0.05, 0) is 26.0 Å². The van der Waals surface area contributed by atoms with Crippen LogP contribution in [0.3, 0.4) is 0 Å². The molecule has 6 nitrogen and oxygen atoms in total. The molecule has 0 aromatic carbocycles. The van der Waals surface area contributed by atoms with Crippen molar-refractivity contribution in [1.29, 1.82) is 0 Å². The first-order valence-electron chi connectivity index (χ1n) is 5.76. The van der Waals surface area contributed by atoms with Crippen LogP contribution in [0.15, 0.2) is 24.4 Å². The topological polar surface area (TPSA) is 68.5 Å². The molecular weight excluding hydrogens is 232 g/mol. The van der Waals surface area contributed by atoms with Crippen LogP contribution < -0.4 is 5.32 Å². The van der Waals surface area contributed by atoms with Gasteiger partial charge >= 0.3 is 0 Å². The van der Waals surface area contributed by atoms with E-state index in [9.17, 15) is 4.79 Å². The number of hydrogen-bond donors (Lipinski definition) is 1. The number of methoxy groups -OCH3 is 1. The summed E-state index contributed by atoms with van der Waals surface area (Å²) < 4.78 is 6.81. The molecule has 1 amide bonds. The number of amides is 1. The predicted molar refractivity (Wildman–Crippen MR) is 66.0 cm³/mol. The highest BCUT2D eigenvalue weighted by atomic mass is 16.5. The first-order valence-corrected chi connectivity index (χ1v) is 5.76. The Morgan fingerprint density at radius 2 is 2.17 bits per heavy atom. The number of carbonyl (C=O) groups excluding carboxylic acids is 1. The number of carbonyl (C=O) groups is 1. The minimum atomic E-state index is -0.480. The van der Waals surface area contributed by atoms with E-state index in [0.717, 1.165) is 5.65 Å². The molecule has 0 aliphatic heterocycles. The molecule has 2 aromatic heterocycles. The summed E-state index contributed by atoms with van der Waals surface area (Å²) >= 11 is 0. The van der Waals surface area contributed by atoms with Gasteiger partial charge in [0.15, 0.2) is 11.5 Å². The molecule has 0 spiro atoms. The molecule has 0 saturated carbocycles. The van der Waals surface area contributed by atoms with Crippen molar-refractivity contribution < 1.29 is 9.53 Å². The Kier molecular flexibility index (Phi) is 3.57. The van der Waals surface area contributed by atoms with Crippen LogP contribution >= 0.6 is 0 Å². The second-order valence-electron chi connectivity index (χ2n) is 4.10. The Labute approximate surface area is 105 Å². The van der Waals surface area contributed by atoms with Crippen LogP contribution in [0.2, 0.25) is 0 Å². The number of ether oxygens (including phenoxy) is 1. The number of rotatable bonds is 4. The van der Waals surface area contributed by atoms with Crippen molar-refractivity contribution in [3.05, 3.63) is 30.2 Å². The molecule has 96 valence electrons. The smallest absolute Gasteiger partial charge is 0.249 e. The van der Waals surface area contributed by atoms with E-state index < -0.39 is 6.10 Å². The monoisotopic (exact) mass is 248 g/mol. The summed E-state index contributed by atoms with van der Waals surface area (Å²) in [7, 11) is 1.50. The summed E-state index contributed by atoms with van der Waals surface area (Å²) in [6.07, 6.45) is 1.39. The molecular formula is C12H16N4O2. The fraction of sp³-hybridized carbons (Fsp3) is 0.417. The average molecular weight is 248 g/mol. The SMILES string of the molecule is COC(C)C(=O)NC(C)c1nnc2ccccn12. The summed E-state index contributed by atoms with van der Waals surface area (Å²) in [5.41, 5.74) is 0.758. The Balaban J connectivity index is 2.19. The van der Waals surface area contributed by atoms with E-state index in [0.29, 0.717) is 5.82 Å². The first kappa shape index (κ1) is 12.5. The van der Waals surface area contributed by atoms with Crippen molar-refractivity contribution in [2.75, 3.05) is 7.11 Å². The number of aromatic nitrogens is 3. The first-order chi connectivity index (χ1) is 8.63. The number of hydrogen-bond acceptors (Lipinski definition) is 4. The van der Waals surface area contributed by atoms with Gasteiger partial charge in [-0.3, -0.25) is 9.20 Å². The van der Waals surface area contributed by atoms with Crippen molar-refractivity contribution >= 4 is 11.6 Å². The van der Waals surface area contributed by atoms with Gasteiger partial charge in [-0.2, -0.15) is 0 Å². The summed E-state index contributed by atoms with van der Waals surface area (Å²) in [6.45, 7) is 3.56. The normalized spacial score (nSPS) is 14.4. The van der Waals surface area contributed by atoms with E-state index in [2.05, 4.69) is 15.5 Å². The van der Waals surface area contributed by atoms with E-state index in [1.54, 1.807) is 6.92 Å². The molecule has 0 bridgehead atoms. The van der Waals surface area contributed by atoms with Gasteiger partial charge in [0, 0.05) is 13.3 Å². The largest absolute Gasteiger partial charge is 0.372 e. The van der Waals surface area contributed by atoms with Gasteiger partial charge in [-0.1, -0.05) is 6.07 Å². The lowest BCUT2D eigenvalue weighted by Gasteiger charge is -2.15. The minimum absolute atomic E-state index is 0.169. The lowest BCUT2D eigenvalue weighted by molar-refractivity contribution is -0.130. The highest BCUT2D eigenvalue weighted by Gasteiger charge is 2.18. The molecule has 0 aliphatic rings. The molecule has 2 unspecified atom stereocenters. The van der Waals surface area contributed by atoms with Crippen LogP contribution in [0.4, 0.5) is 0 Å². The fourth-order valence-corrected chi connectivity index (χ4v) is 1.66. The molecule has 18 heavy (non-hydrogen) atoms. The fourth-order valence-electron chi connectivity index (χ4n) is 1.66. The van der Waals surface area contributed by atoms with Gasteiger partial charge in [0.05, 0.1) is 6.04 Å². The third-order valence-corrected chi connectivity index (χ3v) is 2.81. The van der Waals surface area contributed by atoms with Crippen LogP contribution in [0.25, 0.3) is 5.65 Å². The van der Waals surface area contributed by atoms with Crippen molar-refractivity contribution in [2.45, 2.75) is 26.0 Å². The van der Waals surface area contributed by atoms with Gasteiger partial charge in [0.25, 0.3) is 0 Å². The third-order valence-electron chi connectivity index (χ3n) is 2.81. The van der Waals surface area contributed by atoms with Crippen LogP contribution in [0.5, 0.6) is 0 Å². The van der Waals surface area contributed by atoms with Crippen LogP contribution in [-0.4, -0.2) is 33.7 Å². The number of pyridine rings is 1. The van der Waals surface area contributed by atoms with Crippen LogP contribution in [0.1, 0.15) is 25.7 Å². The summed E-state index contributed by atoms with van der Waals surface area (Å²) in [5.74, 6) is 0.528. The summed E-state index contributed by atoms with van der Waals surface area (Å²) in [5, 5.41) is 11.0. The van der Waals surface area contributed by atoms with Gasteiger partial charge in [-0.15, -0.1) is 10.2 Å². The predicted octanol–water partition coefficient (Wildman–Crippen LogP) is 0.941. The molecule has 2 atom stereocenters. The Morgan fingerprint density at radius 1 is 1.39 bits per heavy atom. The van der Waals surface area contributed by atoms with E-state index in [1.165, 1.54) is 7.11 Å². The zero-order chi connectivity index (χ0) is 13.1. The van der Waals surface area contributed by atoms with Crippen molar-refractivity contribution in [3.63, 3.8) is 0 Å². The van der Waals surface area contributed by atoms with Crippen molar-refractivity contribution in [2.24, 2.45) is 0 Å². The third kappa shape index (κ3) is 2.33. The van der Waals surface area contributed by atoms with E-state index in [-0.39, 0.29) is 11.9 Å². The highest BCUT2D eigenvalue weighted by Crippen LogP contribution is 2.11. The number of fused-ring (bicyclic) bond motifs is 1. The van der Waals surface area contributed by atoms with Crippen molar-refractivity contribution in [1.82, 2.24) is 19.9 Å². The number of nitrogens with one attached hydrogen (secondary N) is 1. The number of nitrogens with zero attached hydrogens (tertiary/aromatic N) is 3. The molecule has 1 N–H and O–H groups in total. The second-order valence-corrected chi connectivity index (χ2v) is 4.10. The molecule has 0 aliphatic carbocycles. The molecule has 6 heteroatoms. The highest BCUT2D eigenvalue weighted by molar-refractivity contribution is 5.80. The van der Waals surface area contributed by atoms with E-state index in [1.807, 2.05) is 35.7 Å². The lowest BCUT2D eigenvalue weighted by Crippen LogP contribution is -2.36. The molecule has 0 radical (unpaired) electrons. The summed E-state index contributed by atoms with van der Waals surface area (Å²) in [6, 6.07) is 5.42. The van der Waals surface area contributed by atoms with Gasteiger partial charge in [0.1, 0.15) is 6.10 Å². The molecule has 0 saturated heterocycles. The zero-order valence-corrected chi connectivity index (χ0v) is 10.6. The Morgan fingerprint density at radius 3 is 2.89 bits per heavy atom. The van der Waals surface area contributed by atoms with Crippen LogP contribution in [0, 0.1) is 0 Å². The molecule has 2 rings (SSSR count). The molecule has 0 fully saturated rings. The summed E-state index contributed by atoms with van der Waals surface area (Å²) in [4.78, 5) is 11.7. The van der Waals surface area contributed by atoms with Gasteiger partial charge < -0.3 is 10.1 Å². The van der Waals surface area contributed by atoms with Gasteiger partial charge in [0.2, 0.25) is 5.91 Å². The second kappa shape index (κ2) is 5.14.